The van der Waals surface area contributed by atoms with Crippen molar-refractivity contribution in [2.24, 2.45) is 0 Å². The highest BCUT2D eigenvalue weighted by Gasteiger charge is 2.33. The molecule has 7 nitrogen and oxygen atoms in total. The molecule has 0 aromatic carbocycles. The minimum Gasteiger partial charge on any atom is -0.476 e. The van der Waals surface area contributed by atoms with E-state index in [-0.39, 0.29) is 11.6 Å². The van der Waals surface area contributed by atoms with Crippen molar-refractivity contribution in [2.45, 2.75) is 51.6 Å². The van der Waals surface area contributed by atoms with Gasteiger partial charge in [-0.1, -0.05) is 12.1 Å². The molecular weight excluding hydrogens is 270 g/mol. The Balaban J connectivity index is 1.85. The molecule has 0 radical (unpaired) electrons. The van der Waals surface area contributed by atoms with Crippen molar-refractivity contribution in [3.8, 4) is 0 Å². The average molecular weight is 289 g/mol. The molecule has 1 saturated carbocycles. The highest BCUT2D eigenvalue weighted by Crippen LogP contribution is 2.41. The van der Waals surface area contributed by atoms with E-state index in [0.29, 0.717) is 12.6 Å². The highest BCUT2D eigenvalue weighted by molar-refractivity contribution is 5.86. The van der Waals surface area contributed by atoms with Crippen LogP contribution in [0, 0.1) is 0 Å². The van der Waals surface area contributed by atoms with E-state index in [2.05, 4.69) is 29.3 Å². The summed E-state index contributed by atoms with van der Waals surface area (Å²) in [6.07, 6.45) is 4.99. The summed E-state index contributed by atoms with van der Waals surface area (Å²) < 4.78 is 3.62. The number of carboxylic acid groups (broad SMARTS) is 1. The van der Waals surface area contributed by atoms with Gasteiger partial charge in [0.25, 0.3) is 0 Å². The van der Waals surface area contributed by atoms with Gasteiger partial charge in [0, 0.05) is 18.2 Å². The summed E-state index contributed by atoms with van der Waals surface area (Å²) in [5, 5.41) is 21.5. The normalized spacial score (nSPS) is 16.1. The maximum atomic E-state index is 11.2. The smallest absolute Gasteiger partial charge is 0.358 e. The summed E-state index contributed by atoms with van der Waals surface area (Å²) in [5.41, 5.74) is 1.69. The monoisotopic (exact) mass is 289 g/mol. The van der Waals surface area contributed by atoms with E-state index in [1.54, 1.807) is 4.68 Å². The molecule has 0 amide bonds. The van der Waals surface area contributed by atoms with Crippen molar-refractivity contribution < 1.29 is 9.90 Å². The molecule has 21 heavy (non-hydrogen) atoms. The van der Waals surface area contributed by atoms with Gasteiger partial charge in [-0.2, -0.15) is 5.10 Å². The van der Waals surface area contributed by atoms with Gasteiger partial charge in [0.15, 0.2) is 5.69 Å². The molecule has 1 aliphatic carbocycles. The molecule has 2 aromatic heterocycles. The molecule has 2 aromatic rings. The molecule has 0 spiro atoms. The van der Waals surface area contributed by atoms with Gasteiger partial charge in [-0.05, 0) is 32.3 Å². The number of hydrogen-bond donors (Lipinski definition) is 1. The number of hydrogen-bond acceptors (Lipinski definition) is 4. The topological polar surface area (TPSA) is 85.8 Å². The third-order valence-electron chi connectivity index (χ3n) is 3.96. The zero-order valence-electron chi connectivity index (χ0n) is 12.2. The van der Waals surface area contributed by atoms with Crippen LogP contribution >= 0.6 is 0 Å². The summed E-state index contributed by atoms with van der Waals surface area (Å²) >= 11 is 0. The number of carboxylic acids is 1. The fraction of sp³-hybridized carbons (Fsp3) is 0.571. The first-order valence-corrected chi connectivity index (χ1v) is 7.30. The molecule has 0 bridgehead atoms. The fourth-order valence-corrected chi connectivity index (χ4v) is 2.40. The van der Waals surface area contributed by atoms with Crippen molar-refractivity contribution in [3.63, 3.8) is 0 Å². The van der Waals surface area contributed by atoms with E-state index < -0.39 is 5.97 Å². The number of aromatic carboxylic acids is 1. The second kappa shape index (κ2) is 5.31. The first-order chi connectivity index (χ1) is 10.1. The molecule has 0 saturated heterocycles. The fourth-order valence-electron chi connectivity index (χ4n) is 2.40. The third kappa shape index (κ3) is 2.68. The maximum absolute atomic E-state index is 11.2. The van der Waals surface area contributed by atoms with Crippen LogP contribution in [0.4, 0.5) is 0 Å². The van der Waals surface area contributed by atoms with Gasteiger partial charge >= 0.3 is 5.97 Å². The number of nitrogens with zero attached hydrogens (tertiary/aromatic N) is 5. The summed E-state index contributed by atoms with van der Waals surface area (Å²) in [6, 6.07) is 2.30. The molecule has 3 rings (SSSR count). The Labute approximate surface area is 122 Å². The lowest BCUT2D eigenvalue weighted by Gasteiger charge is -2.08. The largest absolute Gasteiger partial charge is 0.476 e. The highest BCUT2D eigenvalue weighted by atomic mass is 16.4. The van der Waals surface area contributed by atoms with Crippen LogP contribution < -0.4 is 0 Å². The lowest BCUT2D eigenvalue weighted by atomic mass is 10.2. The predicted molar refractivity (Wildman–Crippen MR) is 75.3 cm³/mol. The molecule has 7 heteroatoms. The number of carbonyl (C=O) groups is 1. The van der Waals surface area contributed by atoms with Gasteiger partial charge < -0.3 is 5.11 Å². The van der Waals surface area contributed by atoms with E-state index in [9.17, 15) is 9.90 Å². The Kier molecular flexibility index (Phi) is 3.48. The lowest BCUT2D eigenvalue weighted by molar-refractivity contribution is 0.0689. The molecule has 112 valence electrons. The van der Waals surface area contributed by atoms with Crippen molar-refractivity contribution >= 4 is 5.97 Å². The molecule has 2 heterocycles. The molecular formula is C14H19N5O2. The van der Waals surface area contributed by atoms with E-state index >= 15 is 0 Å². The third-order valence-corrected chi connectivity index (χ3v) is 3.96. The van der Waals surface area contributed by atoms with E-state index in [4.69, 9.17) is 0 Å². The molecule has 1 fully saturated rings. The Morgan fingerprint density at radius 3 is 2.90 bits per heavy atom. The SMILES string of the molecule is CCC(C)n1ccc(Cn2nnc(C(=O)O)c2C2CC2)n1. The van der Waals surface area contributed by atoms with Gasteiger partial charge in [0.2, 0.25) is 0 Å². The second-order valence-electron chi connectivity index (χ2n) is 5.60. The van der Waals surface area contributed by atoms with Gasteiger partial charge in [0.1, 0.15) is 0 Å². The van der Waals surface area contributed by atoms with Gasteiger partial charge in [-0.25, -0.2) is 9.48 Å². The van der Waals surface area contributed by atoms with Crippen molar-refractivity contribution in [1.29, 1.82) is 0 Å². The molecule has 1 aliphatic rings. The molecule has 1 atom stereocenters. The first-order valence-electron chi connectivity index (χ1n) is 7.30. The Hall–Kier alpha value is -2.18. The van der Waals surface area contributed by atoms with Gasteiger partial charge in [-0.15, -0.1) is 5.10 Å². The van der Waals surface area contributed by atoms with Crippen LogP contribution in [-0.4, -0.2) is 35.9 Å². The van der Waals surface area contributed by atoms with E-state index in [1.807, 2.05) is 16.9 Å². The van der Waals surface area contributed by atoms with Crippen molar-refractivity contribution in [1.82, 2.24) is 24.8 Å². The van der Waals surface area contributed by atoms with Gasteiger partial charge in [0.05, 0.1) is 17.9 Å². The van der Waals surface area contributed by atoms with Crippen LogP contribution in [0.5, 0.6) is 0 Å². The number of aromatic nitrogens is 5. The lowest BCUT2D eigenvalue weighted by Crippen LogP contribution is -2.10. The van der Waals surface area contributed by atoms with Crippen molar-refractivity contribution in [2.75, 3.05) is 0 Å². The summed E-state index contributed by atoms with van der Waals surface area (Å²) in [4.78, 5) is 11.2. The Morgan fingerprint density at radius 1 is 1.52 bits per heavy atom. The Bertz CT molecular complexity index is 656. The first kappa shape index (κ1) is 13.8. The molecule has 1 N–H and O–H groups in total. The summed E-state index contributed by atoms with van der Waals surface area (Å²) in [5.74, 6) is -0.726. The van der Waals surface area contributed by atoms with E-state index in [0.717, 1.165) is 30.7 Å². The quantitative estimate of drug-likeness (QED) is 0.879. The molecule has 0 aliphatic heterocycles. The minimum absolute atomic E-state index is 0.0823. The van der Waals surface area contributed by atoms with Crippen molar-refractivity contribution in [3.05, 3.63) is 29.3 Å². The Morgan fingerprint density at radius 2 is 2.29 bits per heavy atom. The van der Waals surface area contributed by atoms with E-state index in [1.165, 1.54) is 0 Å². The van der Waals surface area contributed by atoms with Gasteiger partial charge in [-0.3, -0.25) is 4.68 Å². The van der Waals surface area contributed by atoms with Crippen LogP contribution in [-0.2, 0) is 6.54 Å². The van der Waals surface area contributed by atoms with Crippen LogP contribution in [0.3, 0.4) is 0 Å². The standard InChI is InChI=1S/C14H19N5O2/c1-3-9(2)18-7-6-11(16-18)8-19-13(10-4-5-10)12(14(20)21)15-17-19/h6-7,9-10H,3-5,8H2,1-2H3,(H,20,21). The predicted octanol–water partition coefficient (Wildman–Crippen LogP) is 2.07. The zero-order valence-corrected chi connectivity index (χ0v) is 12.2. The van der Waals surface area contributed by atoms with Crippen LogP contribution in [0.15, 0.2) is 12.3 Å². The minimum atomic E-state index is -1.01. The van der Waals surface area contributed by atoms with Crippen LogP contribution in [0.2, 0.25) is 0 Å². The molecule has 1 unspecified atom stereocenters. The summed E-state index contributed by atoms with van der Waals surface area (Å²) in [7, 11) is 0. The number of rotatable bonds is 6. The average Bonchev–Trinajstić information content (AvgIpc) is 3.04. The zero-order chi connectivity index (χ0) is 15.0. The maximum Gasteiger partial charge on any atom is 0.358 e. The van der Waals surface area contributed by atoms with Crippen LogP contribution in [0.25, 0.3) is 0 Å². The summed E-state index contributed by atoms with van der Waals surface area (Å²) in [6.45, 7) is 4.70. The van der Waals surface area contributed by atoms with Crippen LogP contribution in [0.1, 0.15) is 66.9 Å². The second-order valence-corrected chi connectivity index (χ2v) is 5.60.